The number of nitrogens with zero attached hydrogens (tertiary/aromatic N) is 1. The lowest BCUT2D eigenvalue weighted by Crippen LogP contribution is -2.67. The fraction of sp³-hybridized carbons (Fsp3) is 0.920. The Morgan fingerprint density at radius 2 is 1.78 bits per heavy atom. The number of aliphatic hydroxyl groups excluding tert-OH is 3. The quantitative estimate of drug-likeness (QED) is 0.0849. The summed E-state index contributed by atoms with van der Waals surface area (Å²) in [5.41, 5.74) is 15.9. The zero-order valence-corrected chi connectivity index (χ0v) is 24.1. The fourth-order valence-electron chi connectivity index (χ4n) is 5.35. The van der Waals surface area contributed by atoms with Gasteiger partial charge in [0.05, 0.1) is 30.8 Å². The molecule has 16 heteroatoms. The van der Waals surface area contributed by atoms with E-state index in [0.29, 0.717) is 12.8 Å². The van der Waals surface area contributed by atoms with Gasteiger partial charge in [-0.15, -0.1) is 0 Å². The van der Waals surface area contributed by atoms with E-state index in [9.17, 15) is 20.4 Å². The smallest absolute Gasteiger partial charge is 0.185 e. The minimum Gasteiger partial charge on any atom is -0.388 e. The van der Waals surface area contributed by atoms with E-state index in [-0.39, 0.29) is 37.3 Å². The Balaban J connectivity index is 1.82. The van der Waals surface area contributed by atoms with E-state index >= 15 is 0 Å². The van der Waals surface area contributed by atoms with Gasteiger partial charge in [-0.2, -0.15) is 0 Å². The van der Waals surface area contributed by atoms with Gasteiger partial charge in [-0.3, -0.25) is 10.4 Å². The van der Waals surface area contributed by atoms with Crippen LogP contribution in [0.4, 0.5) is 0 Å². The predicted molar refractivity (Wildman–Crippen MR) is 148 cm³/mol. The summed E-state index contributed by atoms with van der Waals surface area (Å²) in [4.78, 5) is 4.42. The van der Waals surface area contributed by atoms with Crippen LogP contribution < -0.4 is 27.8 Å². The second-order valence-corrected chi connectivity index (χ2v) is 11.9. The predicted octanol–water partition coefficient (Wildman–Crippen LogP) is -4.21. The largest absolute Gasteiger partial charge is 0.388 e. The maximum Gasteiger partial charge on any atom is 0.185 e. The van der Waals surface area contributed by atoms with E-state index in [1.165, 1.54) is 20.8 Å². The van der Waals surface area contributed by atoms with E-state index in [1.807, 2.05) is 0 Å². The minimum absolute atomic E-state index is 0.0447. The molecular formula is C25H49N7O9. The van der Waals surface area contributed by atoms with Crippen molar-refractivity contribution in [3.05, 3.63) is 0 Å². The van der Waals surface area contributed by atoms with Crippen molar-refractivity contribution in [1.82, 2.24) is 10.6 Å². The number of aliphatic imine (C=N–C) groups is 1. The van der Waals surface area contributed by atoms with E-state index in [4.69, 9.17) is 46.7 Å². The van der Waals surface area contributed by atoms with Gasteiger partial charge in [0.2, 0.25) is 0 Å². The van der Waals surface area contributed by atoms with Gasteiger partial charge in [0, 0.05) is 12.6 Å². The molecule has 0 aromatic heterocycles. The zero-order valence-electron chi connectivity index (χ0n) is 24.1. The first kappa shape index (κ1) is 34.0. The van der Waals surface area contributed by atoms with Gasteiger partial charge in [-0.05, 0) is 47.1 Å². The average Bonchev–Trinajstić information content (AvgIpc) is 2.89. The first-order chi connectivity index (χ1) is 19.1. The number of hydrogen-bond acceptors (Lipinski definition) is 14. The molecule has 12 atom stereocenters. The molecule has 0 bridgehead atoms. The summed E-state index contributed by atoms with van der Waals surface area (Å²) >= 11 is 0. The van der Waals surface area contributed by atoms with Crippen LogP contribution >= 0.6 is 0 Å². The summed E-state index contributed by atoms with van der Waals surface area (Å²) < 4.78 is 23.9. The van der Waals surface area contributed by atoms with Gasteiger partial charge in [0.25, 0.3) is 0 Å². The molecule has 0 radical (unpaired) electrons. The topological polar surface area (TPSA) is 276 Å². The van der Waals surface area contributed by atoms with Crippen molar-refractivity contribution in [2.24, 2.45) is 22.2 Å². The molecule has 41 heavy (non-hydrogen) atoms. The number of amidine groups is 2. The summed E-state index contributed by atoms with van der Waals surface area (Å²) in [5, 5.41) is 65.8. The molecule has 0 spiro atoms. The van der Waals surface area contributed by atoms with E-state index in [0.717, 1.165) is 0 Å². The third-order valence-electron chi connectivity index (χ3n) is 7.84. The summed E-state index contributed by atoms with van der Waals surface area (Å²) in [5.74, 6) is -0.144. The van der Waals surface area contributed by atoms with Crippen LogP contribution in [0.25, 0.3) is 0 Å². The molecule has 16 nitrogen and oxygen atoms in total. The Morgan fingerprint density at radius 1 is 1.12 bits per heavy atom. The van der Waals surface area contributed by atoms with Crippen molar-refractivity contribution in [2.45, 2.75) is 119 Å². The lowest BCUT2D eigenvalue weighted by atomic mass is 9.83. The fourth-order valence-corrected chi connectivity index (χ4v) is 5.35. The Hall–Kier alpha value is -1.54. The Bertz CT molecular complexity index is 905. The number of nitrogens with one attached hydrogen (secondary N) is 3. The molecule has 0 aromatic carbocycles. The van der Waals surface area contributed by atoms with Crippen LogP contribution in [0.3, 0.4) is 0 Å². The van der Waals surface area contributed by atoms with Gasteiger partial charge >= 0.3 is 0 Å². The van der Waals surface area contributed by atoms with E-state index in [1.54, 1.807) is 7.05 Å². The van der Waals surface area contributed by atoms with Crippen molar-refractivity contribution in [2.75, 3.05) is 26.8 Å². The average molecular weight is 592 g/mol. The van der Waals surface area contributed by atoms with Crippen LogP contribution in [0.2, 0.25) is 0 Å². The van der Waals surface area contributed by atoms with Crippen LogP contribution in [0.15, 0.2) is 4.99 Å². The molecular weight excluding hydrogens is 542 g/mol. The first-order valence-corrected chi connectivity index (χ1v) is 13.9. The second kappa shape index (κ2) is 13.8. The molecule has 2 heterocycles. The molecule has 2 saturated heterocycles. The zero-order chi connectivity index (χ0) is 30.7. The maximum absolute atomic E-state index is 11.5. The maximum atomic E-state index is 11.5. The van der Waals surface area contributed by atoms with Gasteiger partial charge in [0.1, 0.15) is 53.9 Å². The number of aliphatic hydroxyl groups is 5. The highest BCUT2D eigenvalue weighted by Crippen LogP contribution is 2.33. The number of hydrogen-bond donors (Lipinski definition) is 11. The van der Waals surface area contributed by atoms with Gasteiger partial charge in [-0.1, -0.05) is 0 Å². The van der Waals surface area contributed by atoms with Crippen molar-refractivity contribution in [1.29, 1.82) is 5.41 Å². The van der Waals surface area contributed by atoms with Crippen LogP contribution in [-0.4, -0.2) is 142 Å². The van der Waals surface area contributed by atoms with Crippen LogP contribution in [-0.2, 0) is 18.9 Å². The molecule has 0 aromatic rings. The standard InChI is InChI=1S/C25H49N7O9/c1-24(2,36)23(29)32-14-7-13(27)18(40-21-12(26)6-5-11(39-21)8-31-15(28)9-33)16(34)19(14)41-22-17(35)20(30-4)25(3,37)10-38-22/h11-14,16-22,30,33-37H,5-10,26-27H2,1-4H3,(H2,28,31)(H2,29,32)/t11-,12?,13-,14+,16?,17?,18?,19?,20+,21+,22+,25?/m0/s1. The Morgan fingerprint density at radius 3 is 2.39 bits per heavy atom. The molecule has 1 aliphatic carbocycles. The van der Waals surface area contributed by atoms with Crippen LogP contribution in [0, 0.1) is 5.41 Å². The number of ether oxygens (including phenoxy) is 4. The lowest BCUT2D eigenvalue weighted by molar-refractivity contribution is -0.306. The SMILES string of the molecule is CN[C@@H]1C(O)[C@@H](OC2C(O)C(O[C@H]3O[C@H](CNC(=N)CO)CCC3N)[C@@H](N)C[C@H]2N=C(N)C(C)(C)O)OCC1(C)O. The van der Waals surface area contributed by atoms with Gasteiger partial charge in [-0.25, -0.2) is 0 Å². The molecule has 6 unspecified atom stereocenters. The molecule has 238 valence electrons. The normalized spacial score (nSPS) is 42.6. The van der Waals surface area contributed by atoms with Gasteiger partial charge in [0.15, 0.2) is 12.6 Å². The molecule has 2 aliphatic heterocycles. The van der Waals surface area contributed by atoms with Crippen LogP contribution in [0.5, 0.6) is 0 Å². The van der Waals surface area contributed by atoms with Gasteiger partial charge < -0.3 is 72.3 Å². The highest BCUT2D eigenvalue weighted by Gasteiger charge is 2.51. The molecule has 3 rings (SSSR count). The molecule has 14 N–H and O–H groups in total. The van der Waals surface area contributed by atoms with Crippen molar-refractivity contribution < 1.29 is 44.5 Å². The minimum atomic E-state index is -1.46. The number of rotatable bonds is 10. The first-order valence-electron chi connectivity index (χ1n) is 13.9. The molecule has 3 aliphatic rings. The Kier molecular flexibility index (Phi) is 11.5. The summed E-state index contributed by atoms with van der Waals surface area (Å²) in [6.07, 6.45) is -6.20. The third-order valence-corrected chi connectivity index (χ3v) is 7.84. The van der Waals surface area contributed by atoms with E-state index < -0.39 is 79.0 Å². The number of nitrogens with two attached hydrogens (primary N) is 3. The van der Waals surface area contributed by atoms with Crippen molar-refractivity contribution >= 4 is 11.7 Å². The highest BCUT2D eigenvalue weighted by atomic mass is 16.7. The number of likely N-dealkylation sites (N-methyl/N-ethyl adjacent to an activating group) is 1. The Labute approximate surface area is 240 Å². The molecule has 0 amide bonds. The highest BCUT2D eigenvalue weighted by molar-refractivity contribution is 5.88. The molecule has 1 saturated carbocycles. The summed E-state index contributed by atoms with van der Waals surface area (Å²) in [6.45, 7) is 4.13. The summed E-state index contributed by atoms with van der Waals surface area (Å²) in [6, 6.07) is -2.94. The van der Waals surface area contributed by atoms with E-state index in [2.05, 4.69) is 15.6 Å². The third kappa shape index (κ3) is 8.31. The molecule has 3 fully saturated rings. The van der Waals surface area contributed by atoms with Crippen LogP contribution in [0.1, 0.15) is 40.0 Å². The monoisotopic (exact) mass is 591 g/mol. The second-order valence-electron chi connectivity index (χ2n) is 11.9. The van der Waals surface area contributed by atoms with Crippen molar-refractivity contribution in [3.63, 3.8) is 0 Å². The lowest BCUT2D eigenvalue weighted by Gasteiger charge is -2.48. The summed E-state index contributed by atoms with van der Waals surface area (Å²) in [7, 11) is 1.59. The van der Waals surface area contributed by atoms with Crippen molar-refractivity contribution in [3.8, 4) is 0 Å².